The number of benzene rings is 15. The first-order valence-electron chi connectivity index (χ1n) is 36.1. The lowest BCUT2D eigenvalue weighted by Crippen LogP contribution is -2.03. The van der Waals surface area contributed by atoms with Crippen LogP contribution in [0.4, 0.5) is 0 Å². The molecule has 0 bridgehead atoms. The lowest BCUT2D eigenvalue weighted by atomic mass is 9.95. The summed E-state index contributed by atoms with van der Waals surface area (Å²) in [4.78, 5) is 31.3. The van der Waals surface area contributed by atoms with Crippen molar-refractivity contribution < 1.29 is 0 Å². The van der Waals surface area contributed by atoms with Crippen molar-refractivity contribution in [3.63, 3.8) is 0 Å². The van der Waals surface area contributed by atoms with Crippen LogP contribution in [0.25, 0.3) is 196 Å². The molecule has 0 N–H and O–H groups in total. The van der Waals surface area contributed by atoms with Gasteiger partial charge in [-0.15, -0.1) is 0 Å². The van der Waals surface area contributed by atoms with E-state index in [4.69, 9.17) is 29.9 Å². The van der Waals surface area contributed by atoms with E-state index in [1.807, 2.05) is 6.07 Å². The Kier molecular flexibility index (Phi) is 15.2. The average molecular weight is 1350 g/mol. The molecule has 4 aromatic heterocycles. The Morgan fingerprint density at radius 1 is 0.208 bits per heavy atom. The lowest BCUT2D eigenvalue weighted by molar-refractivity contribution is 0.888. The Hall–Kier alpha value is -14.1. The highest BCUT2D eigenvalue weighted by Crippen LogP contribution is 2.40. The molecule has 15 aromatic carbocycles. The van der Waals surface area contributed by atoms with E-state index in [9.17, 15) is 0 Å². The predicted octanol–water partition coefficient (Wildman–Crippen LogP) is 24.7. The summed E-state index contributed by atoms with van der Waals surface area (Å²) in [6.07, 6.45) is 6.59. The van der Waals surface area contributed by atoms with Gasteiger partial charge in [0, 0.05) is 72.2 Å². The van der Waals surface area contributed by atoms with E-state index in [2.05, 4.69) is 367 Å². The summed E-state index contributed by atoms with van der Waals surface area (Å²) in [5, 5.41) is 8.44. The van der Waals surface area contributed by atoms with Crippen molar-refractivity contribution in [2.24, 2.45) is 0 Å². The Morgan fingerprint density at radius 2 is 0.547 bits per heavy atom. The molecule has 20 rings (SSSR count). The molecule has 4 heterocycles. The third-order valence-corrected chi connectivity index (χ3v) is 20.9. The minimum atomic E-state index is 0.594. The molecular formula is C98H64N8. The molecule has 0 spiro atoms. The molecule has 0 fully saturated rings. The highest BCUT2D eigenvalue weighted by molar-refractivity contribution is 6.09. The second-order valence-electron chi connectivity index (χ2n) is 27.3. The van der Waals surface area contributed by atoms with Crippen molar-refractivity contribution in [1.82, 2.24) is 39.0 Å². The van der Waals surface area contributed by atoms with E-state index in [0.717, 1.165) is 130 Å². The van der Waals surface area contributed by atoms with E-state index in [1.54, 1.807) is 0 Å². The molecule has 0 unspecified atom stereocenters. The van der Waals surface area contributed by atoms with Crippen LogP contribution in [0.1, 0.15) is 17.7 Å². The maximum Gasteiger partial charge on any atom is 0.164 e. The Labute approximate surface area is 613 Å². The minimum Gasteiger partial charge on any atom is -0.313 e. The molecule has 8 nitrogen and oxygen atoms in total. The molecule has 1 aliphatic rings. The SMILES string of the molecule is C1=Cc2c(n(-c3ccc(-c4nc(-c5ccc(-c6ccccc6)cc5)nc(-c5ccc(-c6ccc7ccc(-c8cccc(-c9ccc(-c%10nc(-c%11ccc(-c%12ccc%13ccccc%13c%12)cc%11)nc(-c%11cccc(-n%12c%13ccccc%13c%13ccccc%13%12)c%11)n%10)cc9)c8)cc7c6)cc5)n4)cc3)c3ccccc23)CC1. The fraction of sp³-hybridized carbons (Fsp3) is 0.0204. The normalized spacial score (nSPS) is 12.0. The van der Waals surface area contributed by atoms with Gasteiger partial charge in [-0.2, -0.15) is 0 Å². The van der Waals surface area contributed by atoms with Crippen LogP contribution in [0.3, 0.4) is 0 Å². The predicted molar refractivity (Wildman–Crippen MR) is 437 cm³/mol. The van der Waals surface area contributed by atoms with Crippen LogP contribution in [0, 0.1) is 0 Å². The second-order valence-corrected chi connectivity index (χ2v) is 27.3. The van der Waals surface area contributed by atoms with Crippen molar-refractivity contribution >= 4 is 60.3 Å². The Morgan fingerprint density at radius 3 is 1.08 bits per heavy atom. The standard InChI is InChI=1S/C98H64N8/c1-2-16-63(17-3-1)65-32-43-70(44-33-65)93-99-94(101-97(100-93)74-54-56-83(57-55-74)105-89-28-10-6-24-85(89)86-25-7-11-29-90(86)105)71-49-38-68(39-50-71)79-52-41-69-42-53-80(61-82(69)60-79)77-21-14-20-76(58-77)66-34-45-72(46-35-66)95-102-96(73-47-36-67(37-48-73)78-51-40-64-18-4-5-19-75(64)59-78)104-98(103-95)81-22-15-23-84(62-81)106-91-30-12-8-26-87(91)88-27-9-13-31-92(88)106/h1-10,12-28,30-62H,11,29H2. The van der Waals surface area contributed by atoms with Gasteiger partial charge in [0.05, 0.1) is 16.6 Å². The van der Waals surface area contributed by atoms with Crippen molar-refractivity contribution in [1.29, 1.82) is 0 Å². The van der Waals surface area contributed by atoms with Gasteiger partial charge in [-0.25, -0.2) is 29.9 Å². The summed E-state index contributed by atoms with van der Waals surface area (Å²) < 4.78 is 4.75. The molecule has 8 heteroatoms. The zero-order valence-corrected chi connectivity index (χ0v) is 57.6. The van der Waals surface area contributed by atoms with E-state index in [1.165, 1.54) is 49.1 Å². The van der Waals surface area contributed by atoms with Crippen LogP contribution in [0.5, 0.6) is 0 Å². The fourth-order valence-corrected chi connectivity index (χ4v) is 15.5. The average Bonchev–Trinajstić information content (AvgIpc) is 1.62. The third-order valence-electron chi connectivity index (χ3n) is 20.9. The first-order valence-corrected chi connectivity index (χ1v) is 36.1. The number of nitrogens with zero attached hydrogens (tertiary/aromatic N) is 8. The van der Waals surface area contributed by atoms with Gasteiger partial charge in [0.1, 0.15) is 0 Å². The van der Waals surface area contributed by atoms with Crippen molar-refractivity contribution in [3.05, 3.63) is 369 Å². The molecule has 0 radical (unpaired) electrons. The van der Waals surface area contributed by atoms with Crippen LogP contribution in [-0.2, 0) is 6.42 Å². The monoisotopic (exact) mass is 1350 g/mol. The van der Waals surface area contributed by atoms with Crippen molar-refractivity contribution in [3.8, 4) is 135 Å². The maximum atomic E-state index is 5.28. The number of aromatic nitrogens is 8. The molecule has 106 heavy (non-hydrogen) atoms. The van der Waals surface area contributed by atoms with E-state index < -0.39 is 0 Å². The van der Waals surface area contributed by atoms with Gasteiger partial charge in [-0.05, 0) is 169 Å². The maximum absolute atomic E-state index is 5.28. The largest absolute Gasteiger partial charge is 0.313 e. The summed E-state index contributed by atoms with van der Waals surface area (Å²) in [6.45, 7) is 0. The minimum absolute atomic E-state index is 0.594. The molecule has 496 valence electrons. The topological polar surface area (TPSA) is 87.2 Å². The van der Waals surface area contributed by atoms with Gasteiger partial charge in [-0.3, -0.25) is 0 Å². The fourth-order valence-electron chi connectivity index (χ4n) is 15.5. The molecule has 0 saturated heterocycles. The molecule has 1 aliphatic carbocycles. The summed E-state index contributed by atoms with van der Waals surface area (Å²) in [6, 6.07) is 125. The first kappa shape index (κ1) is 61.8. The quantitative estimate of drug-likeness (QED) is 0.114. The van der Waals surface area contributed by atoms with E-state index in [0.29, 0.717) is 34.9 Å². The number of fused-ring (bicyclic) bond motifs is 8. The van der Waals surface area contributed by atoms with Crippen molar-refractivity contribution in [2.75, 3.05) is 0 Å². The Bertz CT molecular complexity index is 6600. The van der Waals surface area contributed by atoms with Crippen molar-refractivity contribution in [2.45, 2.75) is 12.8 Å². The third kappa shape index (κ3) is 11.4. The molecule has 0 amide bonds. The Balaban J connectivity index is 0.593. The van der Waals surface area contributed by atoms with Crippen LogP contribution in [-0.4, -0.2) is 39.0 Å². The highest BCUT2D eigenvalue weighted by atomic mass is 15.1. The summed E-state index contributed by atoms with van der Waals surface area (Å²) in [5.74, 6) is 3.63. The molecular weight excluding hydrogens is 1290 g/mol. The number of allylic oxidation sites excluding steroid dienone is 1. The number of rotatable bonds is 13. The van der Waals surface area contributed by atoms with Crippen LogP contribution in [0.2, 0.25) is 0 Å². The van der Waals surface area contributed by atoms with Crippen LogP contribution >= 0.6 is 0 Å². The zero-order valence-electron chi connectivity index (χ0n) is 57.6. The summed E-state index contributed by atoms with van der Waals surface area (Å²) >= 11 is 0. The number of para-hydroxylation sites is 3. The zero-order chi connectivity index (χ0) is 70.0. The van der Waals surface area contributed by atoms with Gasteiger partial charge in [0.15, 0.2) is 34.9 Å². The molecule has 19 aromatic rings. The summed E-state index contributed by atoms with van der Waals surface area (Å²) in [5.41, 5.74) is 25.0. The summed E-state index contributed by atoms with van der Waals surface area (Å²) in [7, 11) is 0. The second kappa shape index (κ2) is 26.1. The molecule has 0 saturated carbocycles. The van der Waals surface area contributed by atoms with Gasteiger partial charge < -0.3 is 9.13 Å². The lowest BCUT2D eigenvalue weighted by Gasteiger charge is -2.14. The smallest absolute Gasteiger partial charge is 0.164 e. The van der Waals surface area contributed by atoms with Gasteiger partial charge in [0.2, 0.25) is 0 Å². The number of hydrogen-bond acceptors (Lipinski definition) is 6. The van der Waals surface area contributed by atoms with E-state index in [-0.39, 0.29) is 0 Å². The molecule has 0 atom stereocenters. The highest BCUT2D eigenvalue weighted by Gasteiger charge is 2.22. The molecule has 0 aliphatic heterocycles. The van der Waals surface area contributed by atoms with Gasteiger partial charge >= 0.3 is 0 Å². The van der Waals surface area contributed by atoms with E-state index >= 15 is 0 Å². The van der Waals surface area contributed by atoms with Gasteiger partial charge in [0.25, 0.3) is 0 Å². The van der Waals surface area contributed by atoms with Gasteiger partial charge in [-0.1, -0.05) is 285 Å². The number of hydrogen-bond donors (Lipinski definition) is 0. The van der Waals surface area contributed by atoms with Crippen LogP contribution in [0.15, 0.2) is 358 Å². The first-order chi connectivity index (χ1) is 52.5. The van der Waals surface area contributed by atoms with Crippen LogP contribution < -0.4 is 0 Å².